The average Bonchev–Trinajstić information content (AvgIpc) is 3.12. The molecular weight excluding hydrogens is 360 g/mol. The maximum absolute atomic E-state index is 12.8. The van der Waals surface area contributed by atoms with Gasteiger partial charge in [0.25, 0.3) is 5.91 Å². The van der Waals surface area contributed by atoms with Gasteiger partial charge in [-0.2, -0.15) is 0 Å². The molecule has 1 amide bonds. The molecule has 146 valence electrons. The van der Waals surface area contributed by atoms with Crippen LogP contribution < -0.4 is 0 Å². The van der Waals surface area contributed by atoms with Crippen LogP contribution in [0, 0.1) is 6.92 Å². The smallest absolute Gasteiger partial charge is 0.253 e. The Balaban J connectivity index is 1.58. The van der Waals surface area contributed by atoms with Crippen molar-refractivity contribution < 1.29 is 4.79 Å². The number of nitrogens with zero attached hydrogens (tertiary/aromatic N) is 4. The van der Waals surface area contributed by atoms with Gasteiger partial charge in [0, 0.05) is 48.5 Å². The number of likely N-dealkylation sites (tertiary alicyclic amines) is 1. The van der Waals surface area contributed by atoms with Crippen LogP contribution in [0.4, 0.5) is 0 Å². The molecule has 5 nitrogen and oxygen atoms in total. The Labute approximate surface area is 166 Å². The fourth-order valence-corrected chi connectivity index (χ4v) is 3.85. The summed E-state index contributed by atoms with van der Waals surface area (Å²) in [7, 11) is 4.20. The van der Waals surface area contributed by atoms with Crippen LogP contribution in [0.15, 0.2) is 30.6 Å². The van der Waals surface area contributed by atoms with E-state index in [-0.39, 0.29) is 5.91 Å². The van der Waals surface area contributed by atoms with Gasteiger partial charge in [-0.3, -0.25) is 4.79 Å². The quantitative estimate of drug-likeness (QED) is 0.755. The third-order valence-corrected chi connectivity index (χ3v) is 5.73. The first-order valence-corrected chi connectivity index (χ1v) is 10.0. The number of hydrogen-bond donors (Lipinski definition) is 0. The number of piperidine rings is 1. The highest BCUT2D eigenvalue weighted by Gasteiger charge is 2.27. The molecule has 6 heteroatoms. The van der Waals surface area contributed by atoms with Gasteiger partial charge in [-0.25, -0.2) is 4.98 Å². The Morgan fingerprint density at radius 2 is 2.04 bits per heavy atom. The second-order valence-electron chi connectivity index (χ2n) is 7.67. The molecule has 0 spiro atoms. The molecule has 2 heterocycles. The third kappa shape index (κ3) is 4.90. The summed E-state index contributed by atoms with van der Waals surface area (Å²) in [6, 6.07) is 5.51. The van der Waals surface area contributed by atoms with E-state index < -0.39 is 0 Å². The molecule has 0 saturated carbocycles. The molecule has 2 aromatic rings. The number of aromatic nitrogens is 2. The predicted molar refractivity (Wildman–Crippen MR) is 109 cm³/mol. The molecule has 1 fully saturated rings. The average molecular weight is 389 g/mol. The predicted octanol–water partition coefficient (Wildman–Crippen LogP) is 3.82. The van der Waals surface area contributed by atoms with Crippen molar-refractivity contribution in [2.75, 3.05) is 33.7 Å². The minimum Gasteiger partial charge on any atom is -0.339 e. The molecular formula is C21H29ClN4O. The summed E-state index contributed by atoms with van der Waals surface area (Å²) in [5.41, 5.74) is 1.66. The van der Waals surface area contributed by atoms with E-state index in [4.69, 9.17) is 11.6 Å². The standard InChI is InChI=1S/C21H29ClN4O/c1-16-15-18(5-6-19(16)22)21(27)26-12-7-17(8-13-26)20-23-9-14-25(20)11-4-10-24(2)3/h5-6,9,14-15,17H,4,7-8,10-13H2,1-3H3. The monoisotopic (exact) mass is 388 g/mol. The summed E-state index contributed by atoms with van der Waals surface area (Å²) in [6.45, 7) is 5.55. The molecule has 1 aliphatic heterocycles. The second-order valence-corrected chi connectivity index (χ2v) is 8.07. The molecule has 0 N–H and O–H groups in total. The van der Waals surface area contributed by atoms with Crippen LogP contribution >= 0.6 is 11.6 Å². The summed E-state index contributed by atoms with van der Waals surface area (Å²) in [6.07, 6.45) is 7.02. The van der Waals surface area contributed by atoms with Gasteiger partial charge in [-0.05, 0) is 70.6 Å². The number of halogens is 1. The number of hydrogen-bond acceptors (Lipinski definition) is 3. The zero-order chi connectivity index (χ0) is 19.4. The summed E-state index contributed by atoms with van der Waals surface area (Å²) < 4.78 is 2.29. The fraction of sp³-hybridized carbons (Fsp3) is 0.524. The van der Waals surface area contributed by atoms with Crippen molar-refractivity contribution in [1.82, 2.24) is 19.4 Å². The normalized spacial score (nSPS) is 15.5. The molecule has 0 radical (unpaired) electrons. The van der Waals surface area contributed by atoms with E-state index in [1.54, 1.807) is 6.07 Å². The lowest BCUT2D eigenvalue weighted by atomic mass is 9.95. The van der Waals surface area contributed by atoms with E-state index >= 15 is 0 Å². The van der Waals surface area contributed by atoms with Gasteiger partial charge >= 0.3 is 0 Å². The van der Waals surface area contributed by atoms with Crippen LogP contribution in [-0.4, -0.2) is 59.0 Å². The van der Waals surface area contributed by atoms with E-state index in [9.17, 15) is 4.79 Å². The van der Waals surface area contributed by atoms with Gasteiger partial charge in [0.05, 0.1) is 0 Å². The highest BCUT2D eigenvalue weighted by atomic mass is 35.5. The van der Waals surface area contributed by atoms with Crippen LogP contribution in [0.1, 0.15) is 46.9 Å². The van der Waals surface area contributed by atoms with Crippen LogP contribution in [0.2, 0.25) is 5.02 Å². The number of aryl methyl sites for hydroxylation is 2. The Morgan fingerprint density at radius 1 is 1.30 bits per heavy atom. The highest BCUT2D eigenvalue weighted by Crippen LogP contribution is 2.28. The Hall–Kier alpha value is -1.85. The molecule has 1 aromatic heterocycles. The van der Waals surface area contributed by atoms with Gasteiger partial charge in [0.1, 0.15) is 5.82 Å². The van der Waals surface area contributed by atoms with Crippen molar-refractivity contribution in [2.45, 2.75) is 38.6 Å². The number of imidazole rings is 1. The van der Waals surface area contributed by atoms with E-state index in [0.29, 0.717) is 10.9 Å². The molecule has 1 aromatic carbocycles. The van der Waals surface area contributed by atoms with Crippen molar-refractivity contribution >= 4 is 17.5 Å². The molecule has 3 rings (SSSR count). The zero-order valence-corrected chi connectivity index (χ0v) is 17.2. The fourth-order valence-electron chi connectivity index (χ4n) is 3.73. The maximum Gasteiger partial charge on any atom is 0.253 e. The Kier molecular flexibility index (Phi) is 6.55. The number of benzene rings is 1. The first-order valence-electron chi connectivity index (χ1n) is 9.67. The lowest BCUT2D eigenvalue weighted by Crippen LogP contribution is -2.38. The summed E-state index contributed by atoms with van der Waals surface area (Å²) in [5, 5.41) is 0.700. The van der Waals surface area contributed by atoms with Gasteiger partial charge in [0.2, 0.25) is 0 Å². The van der Waals surface area contributed by atoms with Crippen molar-refractivity contribution in [3.8, 4) is 0 Å². The third-order valence-electron chi connectivity index (χ3n) is 5.30. The van der Waals surface area contributed by atoms with E-state index in [2.05, 4.69) is 34.7 Å². The Bertz CT molecular complexity index is 778. The number of rotatable bonds is 6. The van der Waals surface area contributed by atoms with Crippen molar-refractivity contribution in [1.29, 1.82) is 0 Å². The molecule has 1 aliphatic rings. The molecule has 0 aliphatic carbocycles. The summed E-state index contributed by atoms with van der Waals surface area (Å²) >= 11 is 6.08. The number of amides is 1. The Morgan fingerprint density at radius 3 is 2.70 bits per heavy atom. The lowest BCUT2D eigenvalue weighted by molar-refractivity contribution is 0.0710. The molecule has 0 atom stereocenters. The first kappa shape index (κ1) is 19.9. The minimum atomic E-state index is 0.0996. The van der Waals surface area contributed by atoms with Gasteiger partial charge in [0.15, 0.2) is 0 Å². The van der Waals surface area contributed by atoms with E-state index in [0.717, 1.165) is 56.6 Å². The molecule has 0 unspecified atom stereocenters. The second kappa shape index (κ2) is 8.89. The van der Waals surface area contributed by atoms with Gasteiger partial charge < -0.3 is 14.4 Å². The number of carbonyl (C=O) groups is 1. The molecule has 27 heavy (non-hydrogen) atoms. The minimum absolute atomic E-state index is 0.0996. The highest BCUT2D eigenvalue weighted by molar-refractivity contribution is 6.31. The van der Waals surface area contributed by atoms with Crippen molar-refractivity contribution in [3.63, 3.8) is 0 Å². The zero-order valence-electron chi connectivity index (χ0n) is 16.5. The van der Waals surface area contributed by atoms with Crippen molar-refractivity contribution in [3.05, 3.63) is 52.6 Å². The van der Waals surface area contributed by atoms with Crippen molar-refractivity contribution in [2.24, 2.45) is 0 Å². The largest absolute Gasteiger partial charge is 0.339 e. The topological polar surface area (TPSA) is 41.4 Å². The van der Waals surface area contributed by atoms with Crippen LogP contribution in [0.3, 0.4) is 0 Å². The SMILES string of the molecule is Cc1cc(C(=O)N2CCC(c3nccn3CCCN(C)C)CC2)ccc1Cl. The summed E-state index contributed by atoms with van der Waals surface area (Å²) in [5.74, 6) is 1.70. The van der Waals surface area contributed by atoms with E-state index in [1.165, 1.54) is 5.82 Å². The van der Waals surface area contributed by atoms with Crippen LogP contribution in [0.5, 0.6) is 0 Å². The summed E-state index contributed by atoms with van der Waals surface area (Å²) in [4.78, 5) is 21.6. The lowest BCUT2D eigenvalue weighted by Gasteiger charge is -2.32. The van der Waals surface area contributed by atoms with Crippen LogP contribution in [0.25, 0.3) is 0 Å². The van der Waals surface area contributed by atoms with Gasteiger partial charge in [-0.1, -0.05) is 11.6 Å². The number of carbonyl (C=O) groups excluding carboxylic acids is 1. The van der Waals surface area contributed by atoms with Gasteiger partial charge in [-0.15, -0.1) is 0 Å². The molecule has 1 saturated heterocycles. The maximum atomic E-state index is 12.8. The first-order chi connectivity index (χ1) is 13.0. The van der Waals surface area contributed by atoms with E-state index in [1.807, 2.05) is 30.2 Å². The molecule has 0 bridgehead atoms. The van der Waals surface area contributed by atoms with Crippen LogP contribution in [-0.2, 0) is 6.54 Å².